The van der Waals surface area contributed by atoms with Crippen LogP contribution in [0.2, 0.25) is 0 Å². The number of rotatable bonds is 2. The Balaban J connectivity index is 3.05. The maximum Gasteiger partial charge on any atom is 0.573 e. The molecule has 0 saturated heterocycles. The van der Waals surface area contributed by atoms with Crippen LogP contribution in [0.1, 0.15) is 18.5 Å². The molecule has 0 aliphatic rings. The smallest absolute Gasteiger partial charge is 0.403 e. The van der Waals surface area contributed by atoms with Gasteiger partial charge in [-0.1, -0.05) is 12.1 Å². The lowest BCUT2D eigenvalue weighted by Crippen LogP contribution is -2.19. The van der Waals surface area contributed by atoms with Crippen LogP contribution in [-0.4, -0.2) is 6.36 Å². The van der Waals surface area contributed by atoms with E-state index in [4.69, 9.17) is 5.73 Å². The fourth-order valence-electron chi connectivity index (χ4n) is 1.08. The van der Waals surface area contributed by atoms with Gasteiger partial charge in [0.25, 0.3) is 0 Å². The molecule has 0 aromatic heterocycles. The van der Waals surface area contributed by atoms with Crippen LogP contribution in [0.5, 0.6) is 5.75 Å². The van der Waals surface area contributed by atoms with Gasteiger partial charge in [-0.3, -0.25) is 0 Å². The summed E-state index contributed by atoms with van der Waals surface area (Å²) in [5, 5.41) is 0. The summed E-state index contributed by atoms with van der Waals surface area (Å²) in [6.45, 7) is 1.47. The van der Waals surface area contributed by atoms with Crippen LogP contribution < -0.4 is 10.5 Å². The molecule has 0 aliphatic carbocycles. The van der Waals surface area contributed by atoms with Crippen LogP contribution in [0.25, 0.3) is 0 Å². The number of hydrogen-bond donors (Lipinski definition) is 1. The monoisotopic (exact) mass is 223 g/mol. The molecule has 0 amide bonds. The van der Waals surface area contributed by atoms with Gasteiger partial charge < -0.3 is 10.5 Å². The van der Waals surface area contributed by atoms with Gasteiger partial charge in [0.1, 0.15) is 0 Å². The molecule has 2 nitrogen and oxygen atoms in total. The topological polar surface area (TPSA) is 35.2 Å². The Morgan fingerprint density at radius 3 is 2.40 bits per heavy atom. The number of hydrogen-bond acceptors (Lipinski definition) is 2. The average molecular weight is 223 g/mol. The second-order valence-electron chi connectivity index (χ2n) is 3.00. The van der Waals surface area contributed by atoms with Crippen LogP contribution in [0.4, 0.5) is 17.6 Å². The van der Waals surface area contributed by atoms with Crippen molar-refractivity contribution in [1.82, 2.24) is 0 Å². The van der Waals surface area contributed by atoms with Crippen LogP contribution in [0, 0.1) is 5.82 Å². The number of nitrogens with two attached hydrogens (primary N) is 1. The minimum atomic E-state index is -4.91. The van der Waals surface area contributed by atoms with Gasteiger partial charge in [0.2, 0.25) is 0 Å². The van der Waals surface area contributed by atoms with Gasteiger partial charge in [-0.25, -0.2) is 4.39 Å². The fourth-order valence-corrected chi connectivity index (χ4v) is 1.08. The molecule has 1 rings (SSSR count). The summed E-state index contributed by atoms with van der Waals surface area (Å²) in [6.07, 6.45) is -4.91. The van der Waals surface area contributed by atoms with Crippen LogP contribution in [0.3, 0.4) is 0 Å². The predicted octanol–water partition coefficient (Wildman–Crippen LogP) is 2.74. The lowest BCUT2D eigenvalue weighted by molar-refractivity contribution is -0.275. The van der Waals surface area contributed by atoms with Crippen molar-refractivity contribution in [3.63, 3.8) is 0 Å². The minimum absolute atomic E-state index is 0.0169. The highest BCUT2D eigenvalue weighted by Crippen LogP contribution is 2.28. The summed E-state index contributed by atoms with van der Waals surface area (Å²) in [5.41, 5.74) is 5.35. The van der Waals surface area contributed by atoms with Crippen molar-refractivity contribution in [1.29, 1.82) is 0 Å². The zero-order chi connectivity index (χ0) is 11.6. The van der Waals surface area contributed by atoms with Gasteiger partial charge in [-0.2, -0.15) is 0 Å². The molecule has 15 heavy (non-hydrogen) atoms. The summed E-state index contributed by atoms with van der Waals surface area (Å²) in [6, 6.07) is 2.77. The van der Waals surface area contributed by atoms with Crippen molar-refractivity contribution in [3.05, 3.63) is 29.6 Å². The first-order valence-corrected chi connectivity index (χ1v) is 4.11. The van der Waals surface area contributed by atoms with E-state index in [0.29, 0.717) is 0 Å². The maximum atomic E-state index is 13.3. The van der Waals surface area contributed by atoms with E-state index in [1.165, 1.54) is 19.1 Å². The Morgan fingerprint density at radius 1 is 1.33 bits per heavy atom. The van der Waals surface area contributed by atoms with Crippen LogP contribution in [0.15, 0.2) is 18.2 Å². The average Bonchev–Trinajstić information content (AvgIpc) is 2.05. The molecule has 6 heteroatoms. The number of benzene rings is 1. The highest BCUT2D eigenvalue weighted by atomic mass is 19.4. The molecule has 1 aromatic rings. The molecule has 0 aliphatic heterocycles. The van der Waals surface area contributed by atoms with Crippen molar-refractivity contribution in [2.75, 3.05) is 0 Å². The van der Waals surface area contributed by atoms with Gasteiger partial charge in [0, 0.05) is 11.6 Å². The molecule has 2 N–H and O–H groups in total. The zero-order valence-corrected chi connectivity index (χ0v) is 7.81. The fraction of sp³-hybridized carbons (Fsp3) is 0.333. The Morgan fingerprint density at radius 2 is 1.93 bits per heavy atom. The van der Waals surface area contributed by atoms with Crippen molar-refractivity contribution in [2.24, 2.45) is 5.73 Å². The molecule has 1 aromatic carbocycles. The summed E-state index contributed by atoms with van der Waals surface area (Å²) >= 11 is 0. The largest absolute Gasteiger partial charge is 0.573 e. The quantitative estimate of drug-likeness (QED) is 0.782. The van der Waals surface area contributed by atoms with Crippen molar-refractivity contribution < 1.29 is 22.3 Å². The van der Waals surface area contributed by atoms with E-state index >= 15 is 0 Å². The lowest BCUT2D eigenvalue weighted by Gasteiger charge is -2.13. The number of halogens is 4. The molecule has 0 unspecified atom stereocenters. The highest BCUT2D eigenvalue weighted by molar-refractivity contribution is 5.32. The van der Waals surface area contributed by atoms with Crippen LogP contribution in [-0.2, 0) is 0 Å². The first-order valence-electron chi connectivity index (χ1n) is 4.11. The minimum Gasteiger partial charge on any atom is -0.403 e. The van der Waals surface area contributed by atoms with E-state index in [-0.39, 0.29) is 5.56 Å². The van der Waals surface area contributed by atoms with E-state index in [2.05, 4.69) is 4.74 Å². The zero-order valence-electron chi connectivity index (χ0n) is 7.81. The molecule has 0 bridgehead atoms. The van der Waals surface area contributed by atoms with E-state index < -0.39 is 24.0 Å². The Labute approximate surface area is 83.6 Å². The van der Waals surface area contributed by atoms with E-state index in [9.17, 15) is 17.6 Å². The van der Waals surface area contributed by atoms with Gasteiger partial charge in [-0.15, -0.1) is 13.2 Å². The molecule has 1 atom stereocenters. The van der Waals surface area contributed by atoms with Gasteiger partial charge in [0.15, 0.2) is 11.6 Å². The first kappa shape index (κ1) is 11.8. The third-order valence-electron chi connectivity index (χ3n) is 1.71. The van der Waals surface area contributed by atoms with Crippen molar-refractivity contribution in [3.8, 4) is 5.75 Å². The van der Waals surface area contributed by atoms with Gasteiger partial charge >= 0.3 is 6.36 Å². The Hall–Kier alpha value is -1.30. The highest BCUT2D eigenvalue weighted by Gasteiger charge is 2.32. The lowest BCUT2D eigenvalue weighted by atomic mass is 10.1. The van der Waals surface area contributed by atoms with Crippen molar-refractivity contribution in [2.45, 2.75) is 19.3 Å². The summed E-state index contributed by atoms with van der Waals surface area (Å²) in [7, 11) is 0. The molecule has 0 radical (unpaired) electrons. The third kappa shape index (κ3) is 3.09. The number of alkyl halides is 3. The van der Waals surface area contributed by atoms with Gasteiger partial charge in [0.05, 0.1) is 0 Å². The molecule has 0 spiro atoms. The van der Waals surface area contributed by atoms with E-state index in [1.807, 2.05) is 0 Å². The first-order chi connectivity index (χ1) is 6.81. The molecular formula is C9H9F4NO. The Bertz CT molecular complexity index is 348. The van der Waals surface area contributed by atoms with Crippen molar-refractivity contribution >= 4 is 0 Å². The second kappa shape index (κ2) is 4.06. The third-order valence-corrected chi connectivity index (χ3v) is 1.71. The van der Waals surface area contributed by atoms with E-state index in [1.54, 1.807) is 0 Å². The van der Waals surface area contributed by atoms with E-state index in [0.717, 1.165) is 6.07 Å². The molecular weight excluding hydrogens is 214 g/mol. The Kier molecular flexibility index (Phi) is 3.18. The van der Waals surface area contributed by atoms with Gasteiger partial charge in [-0.05, 0) is 13.0 Å². The summed E-state index contributed by atoms with van der Waals surface area (Å²) < 4.78 is 52.3. The standard InChI is InChI=1S/C9H9F4NO/c1-5(14)6-3-2-4-7(8(6)10)15-9(11,12)13/h2-5H,14H2,1H3/t5-/m1/s1. The predicted molar refractivity (Wildman–Crippen MR) is 45.7 cm³/mol. The second-order valence-corrected chi connectivity index (χ2v) is 3.00. The number of ether oxygens (including phenoxy) is 1. The maximum absolute atomic E-state index is 13.3. The molecule has 0 saturated carbocycles. The summed E-state index contributed by atoms with van der Waals surface area (Å²) in [5.74, 6) is -1.94. The van der Waals surface area contributed by atoms with Crippen LogP contribution >= 0.6 is 0 Å². The molecule has 0 heterocycles. The summed E-state index contributed by atoms with van der Waals surface area (Å²) in [4.78, 5) is 0. The SMILES string of the molecule is C[C@@H](N)c1cccc(OC(F)(F)F)c1F. The molecule has 0 fully saturated rings. The molecule has 84 valence electrons. The normalized spacial score (nSPS) is 13.7.